The van der Waals surface area contributed by atoms with Crippen molar-refractivity contribution in [1.82, 2.24) is 0 Å². The van der Waals surface area contributed by atoms with Crippen molar-refractivity contribution in [2.75, 3.05) is 33.0 Å². The molecule has 4 N–H and O–H groups in total. The van der Waals surface area contributed by atoms with Crippen LogP contribution in [0.4, 0.5) is 0 Å². The molecule has 80 valence electrons. The molecule has 5 heteroatoms. The van der Waals surface area contributed by atoms with Gasteiger partial charge < -0.3 is 25.2 Å². The van der Waals surface area contributed by atoms with Gasteiger partial charge in [0.25, 0.3) is 0 Å². The fourth-order valence-electron chi connectivity index (χ4n) is 0.396. The molecule has 0 saturated carbocycles. The van der Waals surface area contributed by atoms with E-state index in [0.29, 0.717) is 6.10 Å². The third-order valence-electron chi connectivity index (χ3n) is 1.84. The van der Waals surface area contributed by atoms with E-state index in [1.807, 2.05) is 0 Å². The standard InChI is InChI=1S/C5H12O4.C3H6O/c6-1-5(2-7,3-8)4-9;1-3-2-4-3/h6-9H,1-4H2;3H,2H2,1H3. The molecule has 13 heavy (non-hydrogen) atoms. The Labute approximate surface area is 77.6 Å². The number of aliphatic hydroxyl groups is 4. The summed E-state index contributed by atoms with van der Waals surface area (Å²) in [5.41, 5.74) is -1.11. The van der Waals surface area contributed by atoms with Crippen LogP contribution in [0.2, 0.25) is 0 Å². The first kappa shape index (κ1) is 12.8. The highest BCUT2D eigenvalue weighted by molar-refractivity contribution is 4.74. The summed E-state index contributed by atoms with van der Waals surface area (Å²) in [6.07, 6.45) is 0.583. The lowest BCUT2D eigenvalue weighted by molar-refractivity contribution is -0.0328. The minimum atomic E-state index is -1.11. The van der Waals surface area contributed by atoms with Crippen molar-refractivity contribution in [2.24, 2.45) is 5.41 Å². The summed E-state index contributed by atoms with van der Waals surface area (Å²) >= 11 is 0. The fraction of sp³-hybridized carbons (Fsp3) is 1.00. The quantitative estimate of drug-likeness (QED) is 0.402. The normalized spacial score (nSPS) is 20.5. The molecular formula is C8H18O5. The number of epoxide rings is 1. The molecule has 1 atom stereocenters. The smallest absolute Gasteiger partial charge is 0.0781 e. The zero-order valence-corrected chi connectivity index (χ0v) is 7.81. The molecule has 0 aromatic carbocycles. The van der Waals surface area contributed by atoms with Gasteiger partial charge in [-0.1, -0.05) is 0 Å². The number of hydrogen-bond acceptors (Lipinski definition) is 5. The van der Waals surface area contributed by atoms with Gasteiger partial charge >= 0.3 is 0 Å². The van der Waals surface area contributed by atoms with Gasteiger partial charge in [-0.25, -0.2) is 0 Å². The highest BCUT2D eigenvalue weighted by atomic mass is 16.6. The molecule has 0 amide bonds. The van der Waals surface area contributed by atoms with Crippen molar-refractivity contribution in [2.45, 2.75) is 13.0 Å². The van der Waals surface area contributed by atoms with Crippen LogP contribution in [0, 0.1) is 5.41 Å². The third-order valence-corrected chi connectivity index (χ3v) is 1.84. The van der Waals surface area contributed by atoms with E-state index in [2.05, 4.69) is 6.92 Å². The van der Waals surface area contributed by atoms with Crippen LogP contribution in [0.25, 0.3) is 0 Å². The van der Waals surface area contributed by atoms with Crippen molar-refractivity contribution in [1.29, 1.82) is 0 Å². The summed E-state index contributed by atoms with van der Waals surface area (Å²) in [5, 5.41) is 34.0. The fourth-order valence-corrected chi connectivity index (χ4v) is 0.396. The Balaban J connectivity index is 0.000000293. The molecule has 0 bridgehead atoms. The minimum Gasteiger partial charge on any atom is -0.396 e. The van der Waals surface area contributed by atoms with Crippen molar-refractivity contribution in [3.05, 3.63) is 0 Å². The lowest BCUT2D eigenvalue weighted by Crippen LogP contribution is -2.37. The van der Waals surface area contributed by atoms with E-state index in [-0.39, 0.29) is 0 Å². The Bertz CT molecular complexity index is 102. The number of ether oxygens (including phenoxy) is 1. The van der Waals surface area contributed by atoms with Gasteiger partial charge in [-0.15, -0.1) is 0 Å². The largest absolute Gasteiger partial charge is 0.396 e. The molecule has 0 spiro atoms. The number of rotatable bonds is 4. The first-order valence-electron chi connectivity index (χ1n) is 4.19. The van der Waals surface area contributed by atoms with Gasteiger partial charge in [-0.3, -0.25) is 0 Å². The lowest BCUT2D eigenvalue weighted by atomic mass is 9.93. The highest BCUT2D eigenvalue weighted by Gasteiger charge is 2.26. The summed E-state index contributed by atoms with van der Waals surface area (Å²) in [7, 11) is 0. The molecule has 1 unspecified atom stereocenters. The molecule has 1 aliphatic heterocycles. The van der Waals surface area contributed by atoms with Gasteiger partial charge in [0.05, 0.1) is 44.6 Å². The Kier molecular flexibility index (Phi) is 6.19. The predicted octanol–water partition coefficient (Wildman–Crippen LogP) is -1.65. The molecular weight excluding hydrogens is 176 g/mol. The van der Waals surface area contributed by atoms with E-state index in [4.69, 9.17) is 25.2 Å². The maximum atomic E-state index is 8.50. The van der Waals surface area contributed by atoms with Crippen LogP contribution in [-0.2, 0) is 4.74 Å². The molecule has 0 aromatic rings. The Morgan fingerprint density at radius 2 is 1.31 bits per heavy atom. The van der Waals surface area contributed by atoms with Crippen LogP contribution in [0.1, 0.15) is 6.92 Å². The average Bonchev–Trinajstić information content (AvgIpc) is 2.94. The van der Waals surface area contributed by atoms with Crippen LogP contribution in [0.3, 0.4) is 0 Å². The highest BCUT2D eigenvalue weighted by Crippen LogP contribution is 2.11. The third kappa shape index (κ3) is 5.17. The maximum Gasteiger partial charge on any atom is 0.0781 e. The maximum absolute atomic E-state index is 8.50. The zero-order valence-electron chi connectivity index (χ0n) is 7.81. The summed E-state index contributed by atoms with van der Waals surface area (Å²) in [5.74, 6) is 0. The second kappa shape index (κ2) is 6.28. The molecule has 1 aliphatic rings. The molecule has 1 saturated heterocycles. The van der Waals surface area contributed by atoms with Crippen LogP contribution in [0.5, 0.6) is 0 Å². The van der Waals surface area contributed by atoms with Crippen LogP contribution in [0.15, 0.2) is 0 Å². The van der Waals surface area contributed by atoms with Crippen LogP contribution < -0.4 is 0 Å². The summed E-state index contributed by atoms with van der Waals surface area (Å²) < 4.78 is 4.71. The first-order valence-corrected chi connectivity index (χ1v) is 4.19. The van der Waals surface area contributed by atoms with Gasteiger partial charge in [0.2, 0.25) is 0 Å². The van der Waals surface area contributed by atoms with Crippen molar-refractivity contribution < 1.29 is 25.2 Å². The Morgan fingerprint density at radius 3 is 1.31 bits per heavy atom. The topological polar surface area (TPSA) is 93.5 Å². The van der Waals surface area contributed by atoms with E-state index in [1.54, 1.807) is 0 Å². The second-order valence-corrected chi connectivity index (χ2v) is 3.28. The molecule has 5 nitrogen and oxygen atoms in total. The SMILES string of the molecule is CC1CO1.OCC(CO)(CO)CO. The van der Waals surface area contributed by atoms with Crippen molar-refractivity contribution in [3.63, 3.8) is 0 Å². The Hall–Kier alpha value is -0.200. The lowest BCUT2D eigenvalue weighted by Gasteiger charge is -2.23. The van der Waals surface area contributed by atoms with Crippen LogP contribution in [-0.4, -0.2) is 59.6 Å². The Morgan fingerprint density at radius 1 is 1.08 bits per heavy atom. The van der Waals surface area contributed by atoms with Crippen molar-refractivity contribution >= 4 is 0 Å². The van der Waals surface area contributed by atoms with E-state index in [0.717, 1.165) is 6.61 Å². The molecule has 0 aromatic heterocycles. The van der Waals surface area contributed by atoms with E-state index in [9.17, 15) is 0 Å². The van der Waals surface area contributed by atoms with E-state index < -0.39 is 31.8 Å². The average molecular weight is 194 g/mol. The van der Waals surface area contributed by atoms with Gasteiger partial charge in [0.1, 0.15) is 0 Å². The summed E-state index contributed by atoms with van der Waals surface area (Å²) in [6, 6.07) is 0. The minimum absolute atomic E-state index is 0.406. The first-order chi connectivity index (χ1) is 6.14. The molecule has 1 heterocycles. The van der Waals surface area contributed by atoms with Gasteiger partial charge in [0, 0.05) is 0 Å². The monoisotopic (exact) mass is 194 g/mol. The van der Waals surface area contributed by atoms with E-state index in [1.165, 1.54) is 0 Å². The molecule has 1 rings (SSSR count). The van der Waals surface area contributed by atoms with E-state index >= 15 is 0 Å². The predicted molar refractivity (Wildman–Crippen MR) is 46.2 cm³/mol. The van der Waals surface area contributed by atoms with Crippen LogP contribution >= 0.6 is 0 Å². The van der Waals surface area contributed by atoms with Crippen molar-refractivity contribution in [3.8, 4) is 0 Å². The van der Waals surface area contributed by atoms with Gasteiger partial charge in [-0.2, -0.15) is 0 Å². The van der Waals surface area contributed by atoms with Gasteiger partial charge in [-0.05, 0) is 6.92 Å². The van der Waals surface area contributed by atoms with Gasteiger partial charge in [0.15, 0.2) is 0 Å². The number of aliphatic hydroxyl groups excluding tert-OH is 4. The molecule has 1 fully saturated rings. The number of hydrogen-bond donors (Lipinski definition) is 4. The summed E-state index contributed by atoms with van der Waals surface area (Å²) in [4.78, 5) is 0. The molecule has 0 radical (unpaired) electrons. The molecule has 0 aliphatic carbocycles. The summed E-state index contributed by atoms with van der Waals surface area (Å²) in [6.45, 7) is 1.42. The zero-order chi connectivity index (χ0) is 10.3. The second-order valence-electron chi connectivity index (χ2n) is 3.28.